The molecule has 16 heavy (non-hydrogen) atoms. The normalized spacial score (nSPS) is 32.4. The molecule has 0 aromatic carbocycles. The molecule has 1 aromatic heterocycles. The van der Waals surface area contributed by atoms with Crippen molar-refractivity contribution < 1.29 is 9.15 Å². The van der Waals surface area contributed by atoms with Crippen LogP contribution in [0.5, 0.6) is 0 Å². The zero-order valence-electron chi connectivity index (χ0n) is 9.74. The molecule has 0 spiro atoms. The molecule has 3 nitrogen and oxygen atoms in total. The summed E-state index contributed by atoms with van der Waals surface area (Å²) in [6.45, 7) is 3.98. The number of aryl methyl sites for hydroxylation is 1. The van der Waals surface area contributed by atoms with Gasteiger partial charge in [-0.15, -0.1) is 0 Å². The third-order valence-electron chi connectivity index (χ3n) is 3.89. The summed E-state index contributed by atoms with van der Waals surface area (Å²) in [5.41, 5.74) is 1.23. The van der Waals surface area contributed by atoms with Gasteiger partial charge in [0.2, 0.25) is 0 Å². The van der Waals surface area contributed by atoms with Gasteiger partial charge in [0.05, 0.1) is 25.0 Å². The molecular formula is C13H19NO2. The van der Waals surface area contributed by atoms with E-state index in [0.717, 1.165) is 18.8 Å². The second-order valence-corrected chi connectivity index (χ2v) is 5.03. The fourth-order valence-electron chi connectivity index (χ4n) is 2.91. The highest BCUT2D eigenvalue weighted by Crippen LogP contribution is 2.38. The molecule has 0 saturated carbocycles. The first-order chi connectivity index (χ1) is 7.83. The molecule has 3 heterocycles. The number of hydrogen-bond donors (Lipinski definition) is 1. The van der Waals surface area contributed by atoms with Gasteiger partial charge < -0.3 is 14.5 Å². The van der Waals surface area contributed by atoms with Gasteiger partial charge in [-0.05, 0) is 37.8 Å². The number of furan rings is 1. The predicted molar refractivity (Wildman–Crippen MR) is 61.2 cm³/mol. The van der Waals surface area contributed by atoms with Gasteiger partial charge in [-0.3, -0.25) is 0 Å². The van der Waals surface area contributed by atoms with Crippen molar-refractivity contribution in [1.29, 1.82) is 0 Å². The van der Waals surface area contributed by atoms with Crippen molar-refractivity contribution in [1.82, 2.24) is 5.32 Å². The van der Waals surface area contributed by atoms with E-state index in [1.54, 1.807) is 6.26 Å². The van der Waals surface area contributed by atoms with E-state index < -0.39 is 0 Å². The highest BCUT2D eigenvalue weighted by molar-refractivity contribution is 5.14. The van der Waals surface area contributed by atoms with E-state index in [1.807, 2.05) is 6.07 Å². The van der Waals surface area contributed by atoms with E-state index >= 15 is 0 Å². The molecule has 3 rings (SSSR count). The number of rotatable bonds is 4. The Hall–Kier alpha value is -0.800. The Kier molecular flexibility index (Phi) is 2.74. The van der Waals surface area contributed by atoms with Crippen LogP contribution < -0.4 is 5.32 Å². The lowest BCUT2D eigenvalue weighted by Crippen LogP contribution is -2.29. The van der Waals surface area contributed by atoms with Crippen LogP contribution in [0.15, 0.2) is 16.7 Å². The molecule has 2 fully saturated rings. The molecule has 3 heteroatoms. The molecule has 2 aliphatic rings. The largest absolute Gasteiger partial charge is 0.468 e. The number of ether oxygens (including phenoxy) is 1. The van der Waals surface area contributed by atoms with Gasteiger partial charge >= 0.3 is 0 Å². The summed E-state index contributed by atoms with van der Waals surface area (Å²) in [5.74, 6) is 1.78. The Bertz CT molecular complexity index is 361. The Morgan fingerprint density at radius 2 is 2.38 bits per heavy atom. The molecule has 2 bridgehead atoms. The number of nitrogens with one attached hydrogen (secondary N) is 1. The monoisotopic (exact) mass is 221 g/mol. The lowest BCUT2D eigenvalue weighted by Gasteiger charge is -2.18. The summed E-state index contributed by atoms with van der Waals surface area (Å²) >= 11 is 0. The maximum Gasteiger partial charge on any atom is 0.120 e. The van der Waals surface area contributed by atoms with Crippen molar-refractivity contribution in [3.8, 4) is 0 Å². The highest BCUT2D eigenvalue weighted by Gasteiger charge is 2.40. The van der Waals surface area contributed by atoms with Gasteiger partial charge in [0, 0.05) is 12.5 Å². The van der Waals surface area contributed by atoms with E-state index in [9.17, 15) is 0 Å². The van der Waals surface area contributed by atoms with Crippen molar-refractivity contribution in [2.24, 2.45) is 5.92 Å². The zero-order valence-corrected chi connectivity index (χ0v) is 9.74. The lowest BCUT2D eigenvalue weighted by molar-refractivity contribution is 0.0923. The Morgan fingerprint density at radius 1 is 1.44 bits per heavy atom. The van der Waals surface area contributed by atoms with Crippen LogP contribution in [0.2, 0.25) is 0 Å². The Balaban J connectivity index is 1.46. The molecule has 0 radical (unpaired) electrons. The molecule has 88 valence electrons. The van der Waals surface area contributed by atoms with E-state index in [-0.39, 0.29) is 0 Å². The van der Waals surface area contributed by atoms with Gasteiger partial charge in [0.15, 0.2) is 0 Å². The minimum atomic E-state index is 0.523. The minimum absolute atomic E-state index is 0.523. The minimum Gasteiger partial charge on any atom is -0.468 e. The summed E-state index contributed by atoms with van der Waals surface area (Å²) in [4.78, 5) is 0. The van der Waals surface area contributed by atoms with Crippen LogP contribution in [0, 0.1) is 12.8 Å². The number of fused-ring (bicyclic) bond motifs is 2. The van der Waals surface area contributed by atoms with Crippen LogP contribution in [-0.2, 0) is 11.3 Å². The molecule has 3 unspecified atom stereocenters. The average Bonchev–Trinajstić information content (AvgIpc) is 2.96. The average molecular weight is 221 g/mol. The van der Waals surface area contributed by atoms with Gasteiger partial charge in [-0.2, -0.15) is 0 Å². The first kappa shape index (κ1) is 10.4. The summed E-state index contributed by atoms with van der Waals surface area (Å²) in [6.07, 6.45) is 6.62. The van der Waals surface area contributed by atoms with E-state index in [0.29, 0.717) is 18.1 Å². The topological polar surface area (TPSA) is 34.4 Å². The standard InChI is InChI=1S/C13H19NO2/c1-9-4-5-15-13(9)8-14-7-10-6-11-2-3-12(10)16-11/h4-5,10-12,14H,2-3,6-8H2,1H3. The lowest BCUT2D eigenvalue weighted by atomic mass is 9.89. The van der Waals surface area contributed by atoms with Crippen molar-refractivity contribution in [2.45, 2.75) is 44.9 Å². The molecule has 1 N–H and O–H groups in total. The molecule has 3 atom stereocenters. The summed E-state index contributed by atoms with van der Waals surface area (Å²) < 4.78 is 11.2. The van der Waals surface area contributed by atoms with E-state index in [1.165, 1.54) is 24.8 Å². The van der Waals surface area contributed by atoms with Crippen LogP contribution in [0.3, 0.4) is 0 Å². The predicted octanol–water partition coefficient (Wildman–Crippen LogP) is 2.25. The Labute approximate surface area is 96.2 Å². The summed E-state index contributed by atoms with van der Waals surface area (Å²) in [5, 5.41) is 3.48. The van der Waals surface area contributed by atoms with Crippen LogP contribution in [0.1, 0.15) is 30.6 Å². The van der Waals surface area contributed by atoms with Gasteiger partial charge in [-0.1, -0.05) is 0 Å². The Morgan fingerprint density at radius 3 is 3.00 bits per heavy atom. The molecule has 0 aliphatic carbocycles. The van der Waals surface area contributed by atoms with E-state index in [4.69, 9.17) is 9.15 Å². The molecule has 0 amide bonds. The molecule has 2 aliphatic heterocycles. The first-order valence-corrected chi connectivity index (χ1v) is 6.22. The van der Waals surface area contributed by atoms with Gasteiger partial charge in [-0.25, -0.2) is 0 Å². The fraction of sp³-hybridized carbons (Fsp3) is 0.692. The van der Waals surface area contributed by atoms with E-state index in [2.05, 4.69) is 12.2 Å². The van der Waals surface area contributed by atoms with Crippen LogP contribution in [0.25, 0.3) is 0 Å². The third-order valence-corrected chi connectivity index (χ3v) is 3.89. The summed E-state index contributed by atoms with van der Waals surface area (Å²) in [6, 6.07) is 2.01. The number of hydrogen-bond acceptors (Lipinski definition) is 3. The van der Waals surface area contributed by atoms with Crippen LogP contribution in [-0.4, -0.2) is 18.8 Å². The van der Waals surface area contributed by atoms with Gasteiger partial charge in [0.25, 0.3) is 0 Å². The molecule has 1 aromatic rings. The quantitative estimate of drug-likeness (QED) is 0.846. The van der Waals surface area contributed by atoms with Crippen molar-refractivity contribution in [2.75, 3.05) is 6.54 Å². The van der Waals surface area contributed by atoms with Crippen LogP contribution >= 0.6 is 0 Å². The summed E-state index contributed by atoms with van der Waals surface area (Å²) in [7, 11) is 0. The zero-order chi connectivity index (χ0) is 11.0. The SMILES string of the molecule is Cc1ccoc1CNCC1CC2CCC1O2. The second-order valence-electron chi connectivity index (χ2n) is 5.03. The van der Waals surface area contributed by atoms with Crippen LogP contribution in [0.4, 0.5) is 0 Å². The van der Waals surface area contributed by atoms with Crippen molar-refractivity contribution in [3.63, 3.8) is 0 Å². The fourth-order valence-corrected chi connectivity index (χ4v) is 2.91. The first-order valence-electron chi connectivity index (χ1n) is 6.22. The van der Waals surface area contributed by atoms with Crippen molar-refractivity contribution in [3.05, 3.63) is 23.7 Å². The third kappa shape index (κ3) is 1.89. The smallest absolute Gasteiger partial charge is 0.120 e. The second kappa shape index (κ2) is 4.22. The molecule has 2 saturated heterocycles. The highest BCUT2D eigenvalue weighted by atomic mass is 16.5. The van der Waals surface area contributed by atoms with Crippen molar-refractivity contribution >= 4 is 0 Å². The maximum absolute atomic E-state index is 5.83. The maximum atomic E-state index is 5.83. The molecular weight excluding hydrogens is 202 g/mol. The van der Waals surface area contributed by atoms with Gasteiger partial charge in [0.1, 0.15) is 5.76 Å².